The number of nitrogens with zero attached hydrogens (tertiary/aromatic N) is 2. The second kappa shape index (κ2) is 7.52. The van der Waals surface area contributed by atoms with Gasteiger partial charge in [-0.05, 0) is 50.5 Å². The fourth-order valence-electron chi connectivity index (χ4n) is 4.90. The van der Waals surface area contributed by atoms with Gasteiger partial charge in [0.05, 0.1) is 34.8 Å². The average molecular weight is 430 g/mol. The minimum absolute atomic E-state index is 0.0504. The first-order valence-corrected chi connectivity index (χ1v) is 12.6. The van der Waals surface area contributed by atoms with Crippen LogP contribution in [0.3, 0.4) is 0 Å². The van der Waals surface area contributed by atoms with E-state index in [1.807, 2.05) is 22.9 Å². The second-order valence-corrected chi connectivity index (χ2v) is 11.9. The van der Waals surface area contributed by atoms with Crippen molar-refractivity contribution < 1.29 is 13.2 Å². The van der Waals surface area contributed by atoms with Gasteiger partial charge in [0.2, 0.25) is 0 Å². The zero-order valence-electron chi connectivity index (χ0n) is 18.0. The van der Waals surface area contributed by atoms with Gasteiger partial charge in [-0.1, -0.05) is 37.3 Å². The molecule has 7 heteroatoms. The van der Waals surface area contributed by atoms with E-state index in [9.17, 15) is 13.2 Å². The van der Waals surface area contributed by atoms with Crippen molar-refractivity contribution in [3.8, 4) is 0 Å². The Balaban J connectivity index is 1.61. The van der Waals surface area contributed by atoms with Crippen molar-refractivity contribution in [3.63, 3.8) is 0 Å². The third-order valence-electron chi connectivity index (χ3n) is 7.03. The predicted octanol–water partition coefficient (Wildman–Crippen LogP) is 4.35. The standard InChI is InChI=1S/C23H31N3O3S/c1-4-23(10-12-30(28,29)13-11-23)15-20(27)18-16-24-26-21(18)25-19(14-22(26,2)3)17-8-6-5-7-9-17/h5-9,16,19,25H,4,10-15H2,1-3H3. The third-order valence-corrected chi connectivity index (χ3v) is 8.68. The number of hydrogen-bond donors (Lipinski definition) is 1. The monoisotopic (exact) mass is 429 g/mol. The SMILES string of the molecule is CCC1(CC(=O)c2cnn3c2NC(c2ccccc2)CC3(C)C)CCS(=O)(=O)CC1. The van der Waals surface area contributed by atoms with E-state index in [4.69, 9.17) is 0 Å². The molecule has 1 aromatic heterocycles. The lowest BCUT2D eigenvalue weighted by Crippen LogP contribution is -2.38. The van der Waals surface area contributed by atoms with Crippen molar-refractivity contribution in [1.82, 2.24) is 9.78 Å². The normalized spacial score (nSPS) is 23.9. The van der Waals surface area contributed by atoms with Gasteiger partial charge in [0.15, 0.2) is 5.78 Å². The zero-order valence-corrected chi connectivity index (χ0v) is 18.8. The van der Waals surface area contributed by atoms with Gasteiger partial charge in [-0.3, -0.25) is 4.79 Å². The molecular formula is C23H31N3O3S. The van der Waals surface area contributed by atoms with Crippen LogP contribution in [0.4, 0.5) is 5.82 Å². The van der Waals surface area contributed by atoms with Crippen LogP contribution in [-0.2, 0) is 15.4 Å². The molecule has 1 saturated heterocycles. The Labute approximate surface area is 179 Å². The number of carbonyl (C=O) groups excluding carboxylic acids is 1. The second-order valence-electron chi connectivity index (χ2n) is 9.55. The summed E-state index contributed by atoms with van der Waals surface area (Å²) in [7, 11) is -2.96. The molecule has 3 heterocycles. The van der Waals surface area contributed by atoms with Crippen molar-refractivity contribution in [2.24, 2.45) is 5.41 Å². The van der Waals surface area contributed by atoms with E-state index >= 15 is 0 Å². The summed E-state index contributed by atoms with van der Waals surface area (Å²) in [4.78, 5) is 13.4. The summed E-state index contributed by atoms with van der Waals surface area (Å²) in [6.07, 6.45) is 4.86. The van der Waals surface area contributed by atoms with Crippen LogP contribution in [0.1, 0.15) is 74.8 Å². The Hall–Kier alpha value is -2.15. The maximum Gasteiger partial charge on any atom is 0.168 e. The molecular weight excluding hydrogens is 398 g/mol. The molecule has 162 valence electrons. The Bertz CT molecular complexity index is 1030. The van der Waals surface area contributed by atoms with Crippen LogP contribution in [0.2, 0.25) is 0 Å². The maximum atomic E-state index is 13.4. The molecule has 0 aliphatic carbocycles. The number of aromatic nitrogens is 2. The molecule has 1 N–H and O–H groups in total. The van der Waals surface area contributed by atoms with Crippen molar-refractivity contribution in [2.75, 3.05) is 16.8 Å². The Morgan fingerprint density at radius 1 is 1.20 bits per heavy atom. The molecule has 0 saturated carbocycles. The van der Waals surface area contributed by atoms with Crippen LogP contribution in [0.5, 0.6) is 0 Å². The molecule has 0 radical (unpaired) electrons. The van der Waals surface area contributed by atoms with Gasteiger partial charge < -0.3 is 5.32 Å². The first kappa shape index (κ1) is 21.1. The molecule has 2 aromatic rings. The average Bonchev–Trinajstić information content (AvgIpc) is 3.15. The number of fused-ring (bicyclic) bond motifs is 1. The molecule has 1 atom stereocenters. The molecule has 30 heavy (non-hydrogen) atoms. The van der Waals surface area contributed by atoms with Gasteiger partial charge in [-0.2, -0.15) is 5.10 Å². The molecule has 1 unspecified atom stereocenters. The Kier molecular flexibility index (Phi) is 5.29. The molecule has 0 spiro atoms. The predicted molar refractivity (Wildman–Crippen MR) is 119 cm³/mol. The van der Waals surface area contributed by atoms with Crippen LogP contribution >= 0.6 is 0 Å². The number of rotatable bonds is 5. The summed E-state index contributed by atoms with van der Waals surface area (Å²) in [6, 6.07) is 10.4. The number of carbonyl (C=O) groups is 1. The molecule has 1 fully saturated rings. The highest BCUT2D eigenvalue weighted by molar-refractivity contribution is 7.91. The fourth-order valence-corrected chi connectivity index (χ4v) is 6.59. The first-order chi connectivity index (χ1) is 14.1. The number of benzene rings is 1. The molecule has 0 amide bonds. The third kappa shape index (κ3) is 3.92. The summed E-state index contributed by atoms with van der Waals surface area (Å²) in [5.74, 6) is 1.19. The number of Topliss-reactive ketones (excluding diaryl/α,β-unsaturated/α-hetero) is 1. The number of ketones is 1. The van der Waals surface area contributed by atoms with Gasteiger partial charge in [0.25, 0.3) is 0 Å². The zero-order chi connectivity index (χ0) is 21.6. The molecule has 4 rings (SSSR count). The van der Waals surface area contributed by atoms with Crippen molar-refractivity contribution >= 4 is 21.4 Å². The van der Waals surface area contributed by atoms with Gasteiger partial charge in [0.1, 0.15) is 15.7 Å². The molecule has 2 aliphatic heterocycles. The summed E-state index contributed by atoms with van der Waals surface area (Å²) in [5, 5.41) is 8.12. The number of hydrogen-bond acceptors (Lipinski definition) is 5. The van der Waals surface area contributed by atoms with E-state index in [1.54, 1.807) is 6.20 Å². The smallest absolute Gasteiger partial charge is 0.168 e. The maximum absolute atomic E-state index is 13.4. The number of nitrogens with one attached hydrogen (secondary N) is 1. The fraction of sp³-hybridized carbons (Fsp3) is 0.565. The highest BCUT2D eigenvalue weighted by Gasteiger charge is 2.40. The topological polar surface area (TPSA) is 81.1 Å². The minimum Gasteiger partial charge on any atom is -0.363 e. The van der Waals surface area contributed by atoms with Gasteiger partial charge >= 0.3 is 0 Å². The van der Waals surface area contributed by atoms with Crippen molar-refractivity contribution in [1.29, 1.82) is 0 Å². The Morgan fingerprint density at radius 2 is 1.87 bits per heavy atom. The number of sulfone groups is 1. The van der Waals surface area contributed by atoms with E-state index in [2.05, 4.69) is 43.3 Å². The van der Waals surface area contributed by atoms with E-state index in [1.165, 1.54) is 5.56 Å². The van der Waals surface area contributed by atoms with Gasteiger partial charge in [0, 0.05) is 6.42 Å². The lowest BCUT2D eigenvalue weighted by atomic mass is 9.74. The largest absolute Gasteiger partial charge is 0.363 e. The molecule has 6 nitrogen and oxygen atoms in total. The number of anilines is 1. The van der Waals surface area contributed by atoms with Crippen LogP contribution in [-0.4, -0.2) is 35.5 Å². The van der Waals surface area contributed by atoms with Crippen molar-refractivity contribution in [2.45, 2.75) is 64.5 Å². The van der Waals surface area contributed by atoms with E-state index in [0.717, 1.165) is 18.7 Å². The van der Waals surface area contributed by atoms with E-state index in [-0.39, 0.29) is 34.3 Å². The van der Waals surface area contributed by atoms with E-state index < -0.39 is 9.84 Å². The van der Waals surface area contributed by atoms with E-state index in [0.29, 0.717) is 24.8 Å². The summed E-state index contributed by atoms with van der Waals surface area (Å²) >= 11 is 0. The van der Waals surface area contributed by atoms with Gasteiger partial charge in [-0.25, -0.2) is 13.1 Å². The first-order valence-electron chi connectivity index (χ1n) is 10.8. The van der Waals surface area contributed by atoms with Crippen LogP contribution < -0.4 is 5.32 Å². The quantitative estimate of drug-likeness (QED) is 0.715. The molecule has 1 aromatic carbocycles. The summed E-state index contributed by atoms with van der Waals surface area (Å²) < 4.78 is 25.7. The summed E-state index contributed by atoms with van der Waals surface area (Å²) in [6.45, 7) is 6.35. The van der Waals surface area contributed by atoms with Crippen LogP contribution in [0.25, 0.3) is 0 Å². The van der Waals surface area contributed by atoms with Gasteiger partial charge in [-0.15, -0.1) is 0 Å². The highest BCUT2D eigenvalue weighted by Crippen LogP contribution is 2.43. The molecule has 0 bridgehead atoms. The highest BCUT2D eigenvalue weighted by atomic mass is 32.2. The minimum atomic E-state index is -2.96. The lowest BCUT2D eigenvalue weighted by Gasteiger charge is -2.39. The Morgan fingerprint density at radius 3 is 2.50 bits per heavy atom. The van der Waals surface area contributed by atoms with Crippen LogP contribution in [0.15, 0.2) is 36.5 Å². The molecule has 2 aliphatic rings. The lowest BCUT2D eigenvalue weighted by molar-refractivity contribution is 0.0890. The summed E-state index contributed by atoms with van der Waals surface area (Å²) in [5.41, 5.74) is 1.35. The van der Waals surface area contributed by atoms with Crippen LogP contribution in [0, 0.1) is 5.41 Å². The van der Waals surface area contributed by atoms with Crippen molar-refractivity contribution in [3.05, 3.63) is 47.7 Å².